The first kappa shape index (κ1) is 17.0. The molecular weight excluding hydrogens is 322 g/mol. The average molecular weight is 339 g/mol. The number of hydrogen-bond acceptors (Lipinski definition) is 4. The summed E-state index contributed by atoms with van der Waals surface area (Å²) in [6.45, 7) is -0.425. The largest absolute Gasteiger partial charge is 0.480 e. The summed E-state index contributed by atoms with van der Waals surface area (Å²) in [4.78, 5) is 22.6. The molecule has 0 atom stereocenters. The van der Waals surface area contributed by atoms with E-state index in [4.69, 9.17) is 5.11 Å². The number of amides is 1. The van der Waals surface area contributed by atoms with Crippen LogP contribution < -0.4 is 5.32 Å². The lowest BCUT2D eigenvalue weighted by Crippen LogP contribution is -2.34. The van der Waals surface area contributed by atoms with Gasteiger partial charge in [-0.05, 0) is 24.3 Å². The number of nitrogens with one attached hydrogen (secondary N) is 1. The van der Waals surface area contributed by atoms with Gasteiger partial charge in [-0.25, -0.2) is 8.42 Å². The Kier molecular flexibility index (Phi) is 4.71. The van der Waals surface area contributed by atoms with Gasteiger partial charge in [0.05, 0.1) is 12.8 Å². The van der Waals surface area contributed by atoms with E-state index in [2.05, 4.69) is 5.32 Å². The summed E-state index contributed by atoms with van der Waals surface area (Å²) in [7, 11) is -2.10. The van der Waals surface area contributed by atoms with Gasteiger partial charge in [-0.1, -0.05) is 0 Å². The molecule has 1 aromatic carbocycles. The lowest BCUT2D eigenvalue weighted by atomic mass is 10.2. The normalized spacial score (nSPS) is 11.8. The SMILES string of the molecule is CN(CC(=O)Nc1ccc2c(ccn2CC(=O)O)c1)S(C)(=O)=O. The van der Waals surface area contributed by atoms with Crippen molar-refractivity contribution < 1.29 is 23.1 Å². The highest BCUT2D eigenvalue weighted by Gasteiger charge is 2.15. The summed E-state index contributed by atoms with van der Waals surface area (Å²) in [6, 6.07) is 6.79. The molecule has 0 fully saturated rings. The Bertz CT molecular complexity index is 856. The molecule has 0 radical (unpaired) electrons. The van der Waals surface area contributed by atoms with Gasteiger partial charge in [-0.2, -0.15) is 4.31 Å². The summed E-state index contributed by atoms with van der Waals surface area (Å²) >= 11 is 0. The van der Waals surface area contributed by atoms with Gasteiger partial charge in [0, 0.05) is 29.8 Å². The van der Waals surface area contributed by atoms with Crippen LogP contribution in [0.25, 0.3) is 10.9 Å². The van der Waals surface area contributed by atoms with Crippen molar-refractivity contribution in [1.29, 1.82) is 0 Å². The Morgan fingerprint density at radius 1 is 1.30 bits per heavy atom. The van der Waals surface area contributed by atoms with Crippen molar-refractivity contribution in [3.63, 3.8) is 0 Å². The van der Waals surface area contributed by atoms with Crippen LogP contribution in [0.5, 0.6) is 0 Å². The van der Waals surface area contributed by atoms with E-state index >= 15 is 0 Å². The van der Waals surface area contributed by atoms with Gasteiger partial charge in [0.2, 0.25) is 15.9 Å². The average Bonchev–Trinajstić information content (AvgIpc) is 2.79. The molecule has 0 aliphatic carbocycles. The molecule has 0 aliphatic rings. The van der Waals surface area contributed by atoms with Crippen molar-refractivity contribution in [2.75, 3.05) is 25.2 Å². The first-order valence-electron chi connectivity index (χ1n) is 6.68. The van der Waals surface area contributed by atoms with Crippen LogP contribution in [0.4, 0.5) is 5.69 Å². The molecule has 2 aromatic rings. The highest BCUT2D eigenvalue weighted by atomic mass is 32.2. The molecule has 2 N–H and O–H groups in total. The predicted molar refractivity (Wildman–Crippen MR) is 85.7 cm³/mol. The Morgan fingerprint density at radius 2 is 2.00 bits per heavy atom. The maximum absolute atomic E-state index is 11.9. The second kappa shape index (κ2) is 6.39. The zero-order chi connectivity index (χ0) is 17.2. The summed E-state index contributed by atoms with van der Waals surface area (Å²) in [5.74, 6) is -1.40. The number of aliphatic carboxylic acids is 1. The van der Waals surface area contributed by atoms with Gasteiger partial charge < -0.3 is 15.0 Å². The number of carbonyl (C=O) groups is 2. The number of hydrogen-bond donors (Lipinski definition) is 2. The standard InChI is InChI=1S/C14H17N3O5S/c1-16(23(2,21)22)8-13(18)15-11-3-4-12-10(7-11)5-6-17(12)9-14(19)20/h3-7H,8-9H2,1-2H3,(H,15,18)(H,19,20). The minimum Gasteiger partial charge on any atom is -0.480 e. The molecule has 0 saturated carbocycles. The van der Waals surface area contributed by atoms with E-state index in [1.54, 1.807) is 35.0 Å². The van der Waals surface area contributed by atoms with Crippen LogP contribution in [0.3, 0.4) is 0 Å². The van der Waals surface area contributed by atoms with E-state index in [1.807, 2.05) is 0 Å². The van der Waals surface area contributed by atoms with Crippen LogP contribution >= 0.6 is 0 Å². The molecule has 0 unspecified atom stereocenters. The molecule has 124 valence electrons. The molecule has 0 saturated heterocycles. The number of nitrogens with zero attached hydrogens (tertiary/aromatic N) is 2. The smallest absolute Gasteiger partial charge is 0.323 e. The second-order valence-electron chi connectivity index (χ2n) is 5.18. The zero-order valence-electron chi connectivity index (χ0n) is 12.7. The molecule has 0 aliphatic heterocycles. The Hall–Kier alpha value is -2.39. The highest BCUT2D eigenvalue weighted by molar-refractivity contribution is 7.88. The molecule has 23 heavy (non-hydrogen) atoms. The van der Waals surface area contributed by atoms with Crippen molar-refractivity contribution in [3.8, 4) is 0 Å². The van der Waals surface area contributed by atoms with Crippen molar-refractivity contribution in [3.05, 3.63) is 30.5 Å². The second-order valence-corrected chi connectivity index (χ2v) is 7.27. The fourth-order valence-electron chi connectivity index (χ4n) is 2.08. The molecular formula is C14H17N3O5S. The lowest BCUT2D eigenvalue weighted by Gasteiger charge is -2.13. The minimum atomic E-state index is -3.42. The molecule has 0 bridgehead atoms. The van der Waals surface area contributed by atoms with Crippen LogP contribution in [0, 0.1) is 0 Å². The molecule has 0 spiro atoms. The summed E-state index contributed by atoms with van der Waals surface area (Å²) in [5.41, 5.74) is 1.25. The molecule has 1 heterocycles. The van der Waals surface area contributed by atoms with Gasteiger partial charge in [0.25, 0.3) is 0 Å². The van der Waals surface area contributed by atoms with E-state index in [1.165, 1.54) is 7.05 Å². The maximum Gasteiger partial charge on any atom is 0.323 e. The predicted octanol–water partition coefficient (Wildman–Crippen LogP) is 0.556. The number of benzene rings is 1. The van der Waals surface area contributed by atoms with E-state index < -0.39 is 21.9 Å². The van der Waals surface area contributed by atoms with Crippen LogP contribution in [0.2, 0.25) is 0 Å². The Morgan fingerprint density at radius 3 is 2.61 bits per heavy atom. The number of likely N-dealkylation sites (N-methyl/N-ethyl adjacent to an activating group) is 1. The van der Waals surface area contributed by atoms with Crippen LogP contribution in [-0.4, -0.2) is 54.1 Å². The molecule has 1 aromatic heterocycles. The first-order chi connectivity index (χ1) is 10.7. The summed E-state index contributed by atoms with van der Waals surface area (Å²) in [5, 5.41) is 12.2. The number of rotatable bonds is 6. The highest BCUT2D eigenvalue weighted by Crippen LogP contribution is 2.20. The number of fused-ring (bicyclic) bond motifs is 1. The third-order valence-electron chi connectivity index (χ3n) is 3.29. The number of sulfonamides is 1. The Labute approximate surface area is 133 Å². The number of anilines is 1. The first-order valence-corrected chi connectivity index (χ1v) is 8.53. The van der Waals surface area contributed by atoms with Crippen LogP contribution in [0.15, 0.2) is 30.5 Å². The third-order valence-corrected chi connectivity index (χ3v) is 4.55. The number of carboxylic acids is 1. The van der Waals surface area contributed by atoms with Gasteiger partial charge in [-0.3, -0.25) is 9.59 Å². The topological polar surface area (TPSA) is 109 Å². The van der Waals surface area contributed by atoms with E-state index in [0.717, 1.165) is 21.5 Å². The van der Waals surface area contributed by atoms with Gasteiger partial charge >= 0.3 is 5.97 Å². The summed E-state index contributed by atoms with van der Waals surface area (Å²) in [6.07, 6.45) is 2.68. The Balaban J connectivity index is 2.12. The van der Waals surface area contributed by atoms with Crippen molar-refractivity contribution in [2.45, 2.75) is 6.54 Å². The number of aromatic nitrogens is 1. The van der Waals surface area contributed by atoms with Gasteiger partial charge in [0.1, 0.15) is 6.54 Å². The molecule has 8 nitrogen and oxygen atoms in total. The van der Waals surface area contributed by atoms with E-state index in [9.17, 15) is 18.0 Å². The van der Waals surface area contributed by atoms with Gasteiger partial charge in [0.15, 0.2) is 0 Å². The number of carbonyl (C=O) groups excluding carboxylic acids is 1. The zero-order valence-corrected chi connectivity index (χ0v) is 13.5. The lowest BCUT2D eigenvalue weighted by molar-refractivity contribution is -0.137. The fraction of sp³-hybridized carbons (Fsp3) is 0.286. The molecule has 1 amide bonds. The number of carboxylic acid groups (broad SMARTS) is 1. The quantitative estimate of drug-likeness (QED) is 0.799. The van der Waals surface area contributed by atoms with Crippen molar-refractivity contribution in [1.82, 2.24) is 8.87 Å². The maximum atomic E-state index is 11.9. The van der Waals surface area contributed by atoms with Gasteiger partial charge in [-0.15, -0.1) is 0 Å². The third kappa shape index (κ3) is 4.30. The summed E-state index contributed by atoms with van der Waals surface area (Å²) < 4.78 is 25.1. The van der Waals surface area contributed by atoms with Crippen molar-refractivity contribution in [2.24, 2.45) is 0 Å². The van der Waals surface area contributed by atoms with E-state index in [0.29, 0.717) is 5.69 Å². The molecule has 2 rings (SSSR count). The minimum absolute atomic E-state index is 0.144. The van der Waals surface area contributed by atoms with Crippen molar-refractivity contribution >= 4 is 38.5 Å². The van der Waals surface area contributed by atoms with Crippen LogP contribution in [-0.2, 0) is 26.2 Å². The molecule has 9 heteroatoms. The van der Waals surface area contributed by atoms with E-state index in [-0.39, 0.29) is 13.1 Å². The van der Waals surface area contributed by atoms with Crippen LogP contribution in [0.1, 0.15) is 0 Å². The monoisotopic (exact) mass is 339 g/mol. The fourth-order valence-corrected chi connectivity index (χ4v) is 2.43.